The van der Waals surface area contributed by atoms with Crippen molar-refractivity contribution < 1.29 is 17.6 Å². The Bertz CT molecular complexity index is 839. The van der Waals surface area contributed by atoms with Gasteiger partial charge in [0.1, 0.15) is 0 Å². The van der Waals surface area contributed by atoms with E-state index in [2.05, 4.69) is 10.2 Å². The molecule has 8 heteroatoms. The summed E-state index contributed by atoms with van der Waals surface area (Å²) in [6.45, 7) is 2.01. The van der Waals surface area contributed by atoms with Crippen LogP contribution in [0.15, 0.2) is 45.9 Å². The Kier molecular flexibility index (Phi) is 4.59. The van der Waals surface area contributed by atoms with Crippen LogP contribution in [0.5, 0.6) is 0 Å². The fourth-order valence-electron chi connectivity index (χ4n) is 2.72. The van der Waals surface area contributed by atoms with E-state index >= 15 is 0 Å². The summed E-state index contributed by atoms with van der Waals surface area (Å²) in [5.74, 6) is -0.636. The molecule has 0 radical (unpaired) electrons. The normalized spacial score (nSPS) is 15.3. The zero-order valence-corrected chi connectivity index (χ0v) is 13.9. The van der Waals surface area contributed by atoms with Crippen LogP contribution in [0, 0.1) is 0 Å². The van der Waals surface area contributed by atoms with Crippen LogP contribution in [0.2, 0.25) is 0 Å². The maximum absolute atomic E-state index is 12.2. The highest BCUT2D eigenvalue weighted by Crippen LogP contribution is 2.23. The number of sulfonamides is 1. The molecule has 1 aliphatic rings. The van der Waals surface area contributed by atoms with Gasteiger partial charge in [0.2, 0.25) is 5.09 Å². The third-order valence-electron chi connectivity index (χ3n) is 3.91. The highest BCUT2D eigenvalue weighted by Gasteiger charge is 2.18. The number of anilines is 2. The maximum atomic E-state index is 12.2. The summed E-state index contributed by atoms with van der Waals surface area (Å²) < 4.78 is 27.4. The third-order valence-corrected chi connectivity index (χ3v) is 4.69. The number of nitrogens with two attached hydrogens (primary N) is 1. The number of hydrogen-bond donors (Lipinski definition) is 2. The molecule has 1 amide bonds. The Morgan fingerprint density at radius 1 is 1.12 bits per heavy atom. The van der Waals surface area contributed by atoms with Gasteiger partial charge in [-0.3, -0.25) is 4.79 Å². The number of carbonyl (C=O) groups excluding carboxylic acids is 1. The summed E-state index contributed by atoms with van der Waals surface area (Å²) in [6, 6.07) is 9.99. The van der Waals surface area contributed by atoms with Gasteiger partial charge in [0.05, 0.1) is 0 Å². The number of primary sulfonamides is 1. The molecule has 0 spiro atoms. The van der Waals surface area contributed by atoms with Crippen LogP contribution in [-0.2, 0) is 10.0 Å². The molecule has 0 atom stereocenters. The molecule has 0 aliphatic carbocycles. The van der Waals surface area contributed by atoms with Crippen LogP contribution in [0.4, 0.5) is 11.4 Å². The second-order valence-electron chi connectivity index (χ2n) is 5.72. The van der Waals surface area contributed by atoms with E-state index in [4.69, 9.17) is 9.56 Å². The van der Waals surface area contributed by atoms with Gasteiger partial charge < -0.3 is 14.6 Å². The summed E-state index contributed by atoms with van der Waals surface area (Å²) >= 11 is 0. The fourth-order valence-corrected chi connectivity index (χ4v) is 3.18. The van der Waals surface area contributed by atoms with Gasteiger partial charge in [-0.15, -0.1) is 0 Å². The Morgan fingerprint density at radius 2 is 1.88 bits per heavy atom. The number of hydrogen-bond acceptors (Lipinski definition) is 5. The standard InChI is InChI=1S/C16H19N3O4S/c17-24(21,22)15-8-7-14(23-15)16(20)18-12-5-4-6-13(11-12)19-9-2-1-3-10-19/h4-8,11H,1-3,9-10H2,(H,18,20)(H2,17,21,22). The SMILES string of the molecule is NS(=O)(=O)c1ccc(C(=O)Nc2cccc(N3CCCCC3)c2)o1. The molecule has 2 heterocycles. The number of nitrogens with one attached hydrogen (secondary N) is 1. The van der Waals surface area contributed by atoms with Crippen molar-refractivity contribution in [3.63, 3.8) is 0 Å². The van der Waals surface area contributed by atoms with Crippen LogP contribution in [0.25, 0.3) is 0 Å². The summed E-state index contributed by atoms with van der Waals surface area (Å²) in [5, 5.41) is 7.24. The Labute approximate surface area is 140 Å². The van der Waals surface area contributed by atoms with E-state index in [1.165, 1.54) is 25.3 Å². The lowest BCUT2D eigenvalue weighted by molar-refractivity contribution is 0.0991. The summed E-state index contributed by atoms with van der Waals surface area (Å²) in [7, 11) is -3.96. The first-order valence-corrected chi connectivity index (χ1v) is 9.27. The Hall–Kier alpha value is -2.32. The minimum atomic E-state index is -3.96. The molecular formula is C16H19N3O4S. The van der Waals surface area contributed by atoms with E-state index < -0.39 is 21.0 Å². The molecule has 1 aromatic carbocycles. The summed E-state index contributed by atoms with van der Waals surface area (Å²) in [4.78, 5) is 14.5. The van der Waals surface area contributed by atoms with Crippen molar-refractivity contribution in [1.82, 2.24) is 0 Å². The molecule has 3 N–H and O–H groups in total. The summed E-state index contributed by atoms with van der Waals surface area (Å²) in [5.41, 5.74) is 1.67. The van der Waals surface area contributed by atoms with Crippen LogP contribution < -0.4 is 15.4 Å². The predicted octanol–water partition coefficient (Wildman–Crippen LogP) is 2.17. The quantitative estimate of drug-likeness (QED) is 0.880. The molecule has 1 aliphatic heterocycles. The minimum absolute atomic E-state index is 0.109. The fraction of sp³-hybridized carbons (Fsp3) is 0.312. The van der Waals surface area contributed by atoms with Crippen molar-refractivity contribution in [2.75, 3.05) is 23.3 Å². The van der Waals surface area contributed by atoms with Crippen LogP contribution >= 0.6 is 0 Å². The van der Waals surface area contributed by atoms with Gasteiger partial charge in [-0.25, -0.2) is 13.6 Å². The lowest BCUT2D eigenvalue weighted by atomic mass is 10.1. The minimum Gasteiger partial charge on any atom is -0.438 e. The molecule has 0 saturated carbocycles. The van der Waals surface area contributed by atoms with Crippen molar-refractivity contribution in [1.29, 1.82) is 0 Å². The zero-order chi connectivity index (χ0) is 17.2. The number of benzene rings is 1. The first-order chi connectivity index (χ1) is 11.4. The first-order valence-electron chi connectivity index (χ1n) is 7.72. The highest BCUT2D eigenvalue weighted by molar-refractivity contribution is 7.89. The predicted molar refractivity (Wildman–Crippen MR) is 90.5 cm³/mol. The van der Waals surface area contributed by atoms with Gasteiger partial charge in [0.25, 0.3) is 15.9 Å². The van der Waals surface area contributed by atoms with Crippen LogP contribution in [0.1, 0.15) is 29.8 Å². The molecule has 0 bridgehead atoms. The van der Waals surface area contributed by atoms with Gasteiger partial charge in [0, 0.05) is 24.5 Å². The highest BCUT2D eigenvalue weighted by atomic mass is 32.2. The lowest BCUT2D eigenvalue weighted by Crippen LogP contribution is -2.29. The number of nitrogens with zero attached hydrogens (tertiary/aromatic N) is 1. The van der Waals surface area contributed by atoms with Crippen molar-refractivity contribution in [2.45, 2.75) is 24.4 Å². The molecule has 128 valence electrons. The van der Waals surface area contributed by atoms with Gasteiger partial charge in [-0.05, 0) is 49.6 Å². The number of carbonyl (C=O) groups is 1. The van der Waals surface area contributed by atoms with Crippen molar-refractivity contribution in [3.8, 4) is 0 Å². The lowest BCUT2D eigenvalue weighted by Gasteiger charge is -2.29. The van der Waals surface area contributed by atoms with Gasteiger partial charge >= 0.3 is 0 Å². The molecule has 24 heavy (non-hydrogen) atoms. The van der Waals surface area contributed by atoms with Gasteiger partial charge in [-0.1, -0.05) is 6.07 Å². The molecule has 7 nitrogen and oxygen atoms in total. The molecule has 2 aromatic rings. The van der Waals surface area contributed by atoms with E-state index in [1.54, 1.807) is 6.07 Å². The average molecular weight is 349 g/mol. The second kappa shape index (κ2) is 6.66. The average Bonchev–Trinajstić information content (AvgIpc) is 3.06. The van der Waals surface area contributed by atoms with Crippen LogP contribution in [-0.4, -0.2) is 27.4 Å². The zero-order valence-electron chi connectivity index (χ0n) is 13.1. The Balaban J connectivity index is 1.73. The summed E-state index contributed by atoms with van der Waals surface area (Å²) in [6.07, 6.45) is 3.58. The number of amides is 1. The molecule has 1 aromatic heterocycles. The van der Waals surface area contributed by atoms with Gasteiger partial charge in [0.15, 0.2) is 5.76 Å². The van der Waals surface area contributed by atoms with E-state index in [0.717, 1.165) is 24.8 Å². The van der Waals surface area contributed by atoms with Crippen LogP contribution in [0.3, 0.4) is 0 Å². The third kappa shape index (κ3) is 3.77. The molecule has 1 saturated heterocycles. The topological polar surface area (TPSA) is 106 Å². The number of piperidine rings is 1. The maximum Gasteiger partial charge on any atom is 0.291 e. The monoisotopic (exact) mass is 349 g/mol. The van der Waals surface area contributed by atoms with Crippen molar-refractivity contribution >= 4 is 27.3 Å². The Morgan fingerprint density at radius 3 is 2.54 bits per heavy atom. The van der Waals surface area contributed by atoms with E-state index in [9.17, 15) is 13.2 Å². The molecule has 1 fully saturated rings. The molecule has 0 unspecified atom stereocenters. The first kappa shape index (κ1) is 16.5. The second-order valence-corrected chi connectivity index (χ2v) is 7.21. The van der Waals surface area contributed by atoms with Crippen molar-refractivity contribution in [3.05, 3.63) is 42.2 Å². The van der Waals surface area contributed by atoms with Crippen molar-refractivity contribution in [2.24, 2.45) is 5.14 Å². The van der Waals surface area contributed by atoms with E-state index in [-0.39, 0.29) is 5.76 Å². The van der Waals surface area contributed by atoms with Gasteiger partial charge in [-0.2, -0.15) is 0 Å². The van der Waals surface area contributed by atoms with E-state index in [0.29, 0.717) is 5.69 Å². The molecule has 3 rings (SSSR count). The number of furan rings is 1. The largest absolute Gasteiger partial charge is 0.438 e. The molecular weight excluding hydrogens is 330 g/mol. The number of rotatable bonds is 4. The van der Waals surface area contributed by atoms with E-state index in [1.807, 2.05) is 18.2 Å². The smallest absolute Gasteiger partial charge is 0.291 e.